The van der Waals surface area contributed by atoms with Crippen LogP contribution in [0.15, 0.2) is 42.5 Å². The van der Waals surface area contributed by atoms with Crippen molar-refractivity contribution in [2.45, 2.75) is 6.92 Å². The summed E-state index contributed by atoms with van der Waals surface area (Å²) in [5, 5.41) is 2.77. The Kier molecular flexibility index (Phi) is 6.31. The molecule has 0 saturated heterocycles. The number of hydrogen-bond acceptors (Lipinski definition) is 5. The third kappa shape index (κ3) is 4.81. The number of carbonyl (C=O) groups excluding carboxylic acids is 1. The van der Waals surface area contributed by atoms with Gasteiger partial charge in [-0.2, -0.15) is 0 Å². The van der Waals surface area contributed by atoms with E-state index in [0.29, 0.717) is 35.3 Å². The zero-order valence-electron chi connectivity index (χ0n) is 14.0. The van der Waals surface area contributed by atoms with Gasteiger partial charge >= 0.3 is 0 Å². The third-order valence-electron chi connectivity index (χ3n) is 3.16. The first-order valence-electron chi connectivity index (χ1n) is 7.53. The Balaban J connectivity index is 1.99. The van der Waals surface area contributed by atoms with Crippen molar-refractivity contribution in [3.05, 3.63) is 42.5 Å². The van der Waals surface area contributed by atoms with Crippen LogP contribution in [0, 0.1) is 0 Å². The zero-order valence-corrected chi connectivity index (χ0v) is 14.0. The number of methoxy groups -OCH3 is 2. The van der Waals surface area contributed by atoms with Gasteiger partial charge in [-0.15, -0.1) is 0 Å². The molecule has 0 saturated carbocycles. The van der Waals surface area contributed by atoms with E-state index in [4.69, 9.17) is 18.9 Å². The van der Waals surface area contributed by atoms with Crippen LogP contribution in [0.5, 0.6) is 23.0 Å². The van der Waals surface area contributed by atoms with Gasteiger partial charge in [-0.05, 0) is 19.1 Å². The SMILES string of the molecule is CCOc1ccccc1NC(=O)COc1cc(OC)cc(OC)c1. The predicted molar refractivity (Wildman–Crippen MR) is 91.3 cm³/mol. The molecule has 0 heterocycles. The third-order valence-corrected chi connectivity index (χ3v) is 3.16. The van der Waals surface area contributed by atoms with Crippen molar-refractivity contribution in [3.8, 4) is 23.0 Å². The van der Waals surface area contributed by atoms with E-state index in [9.17, 15) is 4.79 Å². The van der Waals surface area contributed by atoms with Crippen LogP contribution in [-0.4, -0.2) is 33.3 Å². The first-order chi connectivity index (χ1) is 11.7. The number of amides is 1. The van der Waals surface area contributed by atoms with Crippen LogP contribution in [0.3, 0.4) is 0 Å². The molecule has 24 heavy (non-hydrogen) atoms. The van der Waals surface area contributed by atoms with Crippen LogP contribution in [0.1, 0.15) is 6.92 Å². The van der Waals surface area contributed by atoms with E-state index in [0.717, 1.165) is 0 Å². The summed E-state index contributed by atoms with van der Waals surface area (Å²) in [4.78, 5) is 12.1. The normalized spacial score (nSPS) is 9.96. The van der Waals surface area contributed by atoms with E-state index in [1.54, 1.807) is 44.6 Å². The molecule has 1 amide bonds. The molecule has 6 heteroatoms. The summed E-state index contributed by atoms with van der Waals surface area (Å²) in [6.07, 6.45) is 0. The second-order valence-corrected chi connectivity index (χ2v) is 4.81. The van der Waals surface area contributed by atoms with Crippen LogP contribution in [-0.2, 0) is 4.79 Å². The summed E-state index contributed by atoms with van der Waals surface area (Å²) in [5.74, 6) is 2.00. The van der Waals surface area contributed by atoms with Crippen LogP contribution >= 0.6 is 0 Å². The lowest BCUT2D eigenvalue weighted by Crippen LogP contribution is -2.20. The van der Waals surface area contributed by atoms with Crippen molar-refractivity contribution in [1.29, 1.82) is 0 Å². The smallest absolute Gasteiger partial charge is 0.262 e. The number of hydrogen-bond donors (Lipinski definition) is 1. The fourth-order valence-electron chi connectivity index (χ4n) is 2.05. The van der Waals surface area contributed by atoms with E-state index in [1.165, 1.54) is 0 Å². The number of rotatable bonds is 8. The van der Waals surface area contributed by atoms with Gasteiger partial charge in [0.2, 0.25) is 0 Å². The van der Waals surface area contributed by atoms with Gasteiger partial charge in [-0.3, -0.25) is 4.79 Å². The first-order valence-corrected chi connectivity index (χ1v) is 7.53. The molecule has 6 nitrogen and oxygen atoms in total. The Bertz CT molecular complexity index is 665. The molecular formula is C18H21NO5. The lowest BCUT2D eigenvalue weighted by molar-refractivity contribution is -0.118. The molecule has 0 aliphatic carbocycles. The Morgan fingerprint density at radius 2 is 1.58 bits per heavy atom. The fraction of sp³-hybridized carbons (Fsp3) is 0.278. The zero-order chi connectivity index (χ0) is 17.4. The van der Waals surface area contributed by atoms with E-state index in [1.807, 2.05) is 19.1 Å². The summed E-state index contributed by atoms with van der Waals surface area (Å²) < 4.78 is 21.3. The average Bonchev–Trinajstić information content (AvgIpc) is 2.61. The minimum Gasteiger partial charge on any atom is -0.496 e. The van der Waals surface area contributed by atoms with Gasteiger partial charge in [-0.1, -0.05) is 12.1 Å². The highest BCUT2D eigenvalue weighted by Gasteiger charge is 2.09. The molecule has 0 aliphatic heterocycles. The van der Waals surface area contributed by atoms with Crippen molar-refractivity contribution < 1.29 is 23.7 Å². The van der Waals surface area contributed by atoms with Gasteiger partial charge in [0.05, 0.1) is 26.5 Å². The van der Waals surface area contributed by atoms with Crippen molar-refractivity contribution in [2.24, 2.45) is 0 Å². The number of nitrogens with one attached hydrogen (secondary N) is 1. The molecule has 0 atom stereocenters. The second-order valence-electron chi connectivity index (χ2n) is 4.81. The molecule has 0 aliphatic rings. The Labute approximate surface area is 141 Å². The van der Waals surface area contributed by atoms with Gasteiger partial charge in [0.25, 0.3) is 5.91 Å². The van der Waals surface area contributed by atoms with Crippen LogP contribution < -0.4 is 24.3 Å². The molecular weight excluding hydrogens is 310 g/mol. The summed E-state index contributed by atoms with van der Waals surface area (Å²) in [6, 6.07) is 12.3. The maximum atomic E-state index is 12.1. The van der Waals surface area contributed by atoms with Crippen molar-refractivity contribution in [2.75, 3.05) is 32.8 Å². The monoisotopic (exact) mass is 331 g/mol. The Morgan fingerprint density at radius 3 is 2.21 bits per heavy atom. The van der Waals surface area contributed by atoms with Crippen molar-refractivity contribution in [3.63, 3.8) is 0 Å². The molecule has 128 valence electrons. The Morgan fingerprint density at radius 1 is 0.958 bits per heavy atom. The Hall–Kier alpha value is -2.89. The molecule has 2 aromatic rings. The standard InChI is InChI=1S/C18H21NO5/c1-4-23-17-8-6-5-7-16(17)19-18(20)12-24-15-10-13(21-2)9-14(11-15)22-3/h5-11H,4,12H2,1-3H3,(H,19,20). The molecule has 0 unspecified atom stereocenters. The number of para-hydroxylation sites is 2. The molecule has 0 aromatic heterocycles. The lowest BCUT2D eigenvalue weighted by atomic mass is 10.3. The van der Waals surface area contributed by atoms with E-state index in [2.05, 4.69) is 5.32 Å². The first kappa shape index (κ1) is 17.5. The van der Waals surface area contributed by atoms with E-state index < -0.39 is 0 Å². The highest BCUT2D eigenvalue weighted by Crippen LogP contribution is 2.27. The minimum atomic E-state index is -0.288. The van der Waals surface area contributed by atoms with E-state index in [-0.39, 0.29) is 12.5 Å². The van der Waals surface area contributed by atoms with Gasteiger partial charge in [0.1, 0.15) is 23.0 Å². The molecule has 0 radical (unpaired) electrons. The topological polar surface area (TPSA) is 66.0 Å². The second kappa shape index (κ2) is 8.67. The number of ether oxygens (including phenoxy) is 4. The van der Waals surface area contributed by atoms with Crippen molar-refractivity contribution in [1.82, 2.24) is 0 Å². The summed E-state index contributed by atoms with van der Waals surface area (Å²) in [6.45, 7) is 2.27. The molecule has 0 spiro atoms. The summed E-state index contributed by atoms with van der Waals surface area (Å²) in [7, 11) is 3.10. The highest BCUT2D eigenvalue weighted by molar-refractivity contribution is 5.93. The van der Waals surface area contributed by atoms with Crippen LogP contribution in [0.4, 0.5) is 5.69 Å². The van der Waals surface area contributed by atoms with Crippen LogP contribution in [0.25, 0.3) is 0 Å². The number of benzene rings is 2. The molecule has 2 aromatic carbocycles. The van der Waals surface area contributed by atoms with Gasteiger partial charge in [0.15, 0.2) is 6.61 Å². The summed E-state index contributed by atoms with van der Waals surface area (Å²) >= 11 is 0. The predicted octanol–water partition coefficient (Wildman–Crippen LogP) is 3.12. The van der Waals surface area contributed by atoms with E-state index >= 15 is 0 Å². The van der Waals surface area contributed by atoms with Gasteiger partial charge in [-0.25, -0.2) is 0 Å². The maximum absolute atomic E-state index is 12.1. The highest BCUT2D eigenvalue weighted by atomic mass is 16.5. The van der Waals surface area contributed by atoms with Crippen LogP contribution in [0.2, 0.25) is 0 Å². The average molecular weight is 331 g/mol. The fourth-order valence-corrected chi connectivity index (χ4v) is 2.05. The summed E-state index contributed by atoms with van der Waals surface area (Å²) in [5.41, 5.74) is 0.608. The quantitative estimate of drug-likeness (QED) is 0.805. The maximum Gasteiger partial charge on any atom is 0.262 e. The molecule has 1 N–H and O–H groups in total. The molecule has 0 bridgehead atoms. The molecule has 0 fully saturated rings. The number of anilines is 1. The van der Waals surface area contributed by atoms with Gasteiger partial charge < -0.3 is 24.3 Å². The van der Waals surface area contributed by atoms with Crippen molar-refractivity contribution >= 4 is 11.6 Å². The lowest BCUT2D eigenvalue weighted by Gasteiger charge is -2.12. The molecule has 2 rings (SSSR count). The largest absolute Gasteiger partial charge is 0.496 e. The van der Waals surface area contributed by atoms with Gasteiger partial charge in [0, 0.05) is 18.2 Å². The minimum absolute atomic E-state index is 0.142. The number of carbonyl (C=O) groups is 1.